The lowest BCUT2D eigenvalue weighted by molar-refractivity contribution is -0.0188. The van der Waals surface area contributed by atoms with Crippen LogP contribution in [-0.2, 0) is 4.74 Å². The van der Waals surface area contributed by atoms with Gasteiger partial charge in [-0.15, -0.1) is 0 Å². The van der Waals surface area contributed by atoms with Crippen molar-refractivity contribution in [2.24, 2.45) is 5.92 Å². The van der Waals surface area contributed by atoms with Gasteiger partial charge in [-0.25, -0.2) is 19.6 Å². The third-order valence-electron chi connectivity index (χ3n) is 3.80. The van der Waals surface area contributed by atoms with Crippen LogP contribution in [0.2, 0.25) is 0 Å². The number of hydrazine groups is 1. The molecule has 1 saturated heterocycles. The van der Waals surface area contributed by atoms with Crippen molar-refractivity contribution >= 4 is 6.09 Å². The molecule has 2 atom stereocenters. The smallest absolute Gasteiger partial charge is 0.424 e. The summed E-state index contributed by atoms with van der Waals surface area (Å²) in [6.45, 7) is 6.99. The number of carbonyl (C=O) groups excluding carboxylic acids is 1. The molecule has 126 valence electrons. The Morgan fingerprint density at radius 3 is 2.52 bits per heavy atom. The normalized spacial score (nSPS) is 19.8. The fourth-order valence-electron chi connectivity index (χ4n) is 2.37. The zero-order chi connectivity index (χ0) is 17.2. The number of hydrogen-bond donors (Lipinski definition) is 1. The highest BCUT2D eigenvalue weighted by Crippen LogP contribution is 2.34. The fraction of sp³-hybridized carbons (Fsp3) is 0.438. The molecule has 1 N–H and O–H groups in total. The number of rotatable bonds is 6. The maximum atomic E-state index is 14.3. The molecule has 1 aromatic carbocycles. The Morgan fingerprint density at radius 1 is 1.39 bits per heavy atom. The van der Waals surface area contributed by atoms with E-state index in [-0.39, 0.29) is 24.1 Å². The predicted molar refractivity (Wildman–Crippen MR) is 79.2 cm³/mol. The Balaban J connectivity index is 2.33. The highest BCUT2D eigenvalue weighted by Gasteiger charge is 2.43. The molecular formula is C16H19F3N2O2. The van der Waals surface area contributed by atoms with Crippen LogP contribution in [-0.4, -0.2) is 29.7 Å². The first kappa shape index (κ1) is 17.3. The van der Waals surface area contributed by atoms with Crippen LogP contribution in [0.1, 0.15) is 25.5 Å². The molecule has 2 rings (SSSR count). The zero-order valence-electron chi connectivity index (χ0n) is 12.9. The second-order valence-corrected chi connectivity index (χ2v) is 5.75. The average Bonchev–Trinajstić information content (AvgIpc) is 2.87. The van der Waals surface area contributed by atoms with Crippen molar-refractivity contribution in [2.75, 3.05) is 6.61 Å². The van der Waals surface area contributed by atoms with Crippen molar-refractivity contribution in [3.05, 3.63) is 48.3 Å². The van der Waals surface area contributed by atoms with Gasteiger partial charge in [0, 0.05) is 0 Å². The number of alkyl halides is 2. The molecule has 1 aliphatic heterocycles. The third-order valence-corrected chi connectivity index (χ3v) is 3.80. The van der Waals surface area contributed by atoms with E-state index < -0.39 is 23.9 Å². The number of amides is 1. The number of halogens is 3. The topological polar surface area (TPSA) is 41.6 Å². The van der Waals surface area contributed by atoms with Crippen LogP contribution in [0.25, 0.3) is 0 Å². The molecule has 1 aromatic rings. The summed E-state index contributed by atoms with van der Waals surface area (Å²) >= 11 is 0. The standard InChI is InChI=1S/C16H19F3N2O2/c1-4-16(18,19)14(11-5-7-12(17)8-6-11)20-21-13(10(2)3)9-23-15(21)22/h4-8,10,13-14,20H,1,9H2,2-3H3/t13-,14-/m1/s1. The summed E-state index contributed by atoms with van der Waals surface area (Å²) in [6.07, 6.45) is -0.213. The minimum Gasteiger partial charge on any atom is -0.446 e. The van der Waals surface area contributed by atoms with Crippen LogP contribution >= 0.6 is 0 Å². The molecule has 0 saturated carbocycles. The molecule has 1 heterocycles. The molecule has 0 bridgehead atoms. The highest BCUT2D eigenvalue weighted by atomic mass is 19.3. The fourth-order valence-corrected chi connectivity index (χ4v) is 2.37. The van der Waals surface area contributed by atoms with Gasteiger partial charge in [-0.3, -0.25) is 0 Å². The molecule has 7 heteroatoms. The first-order valence-corrected chi connectivity index (χ1v) is 7.25. The summed E-state index contributed by atoms with van der Waals surface area (Å²) in [5.74, 6) is -3.86. The summed E-state index contributed by atoms with van der Waals surface area (Å²) < 4.78 is 46.5. The molecular weight excluding hydrogens is 309 g/mol. The lowest BCUT2D eigenvalue weighted by Gasteiger charge is -2.33. The summed E-state index contributed by atoms with van der Waals surface area (Å²) in [6, 6.07) is 2.74. The largest absolute Gasteiger partial charge is 0.446 e. The summed E-state index contributed by atoms with van der Waals surface area (Å²) in [5, 5.41) is 1.08. The van der Waals surface area contributed by atoms with E-state index in [9.17, 15) is 18.0 Å². The van der Waals surface area contributed by atoms with Crippen molar-refractivity contribution in [1.29, 1.82) is 0 Å². The van der Waals surface area contributed by atoms with Crippen molar-refractivity contribution < 1.29 is 22.7 Å². The number of ether oxygens (including phenoxy) is 1. The van der Waals surface area contributed by atoms with E-state index in [2.05, 4.69) is 12.0 Å². The Labute approximate surface area is 132 Å². The van der Waals surface area contributed by atoms with E-state index >= 15 is 0 Å². The number of benzene rings is 1. The molecule has 23 heavy (non-hydrogen) atoms. The number of nitrogens with zero attached hydrogens (tertiary/aromatic N) is 1. The van der Waals surface area contributed by atoms with E-state index in [4.69, 9.17) is 4.74 Å². The van der Waals surface area contributed by atoms with Crippen LogP contribution in [0.5, 0.6) is 0 Å². The summed E-state index contributed by atoms with van der Waals surface area (Å²) in [7, 11) is 0. The zero-order valence-corrected chi connectivity index (χ0v) is 12.9. The van der Waals surface area contributed by atoms with E-state index in [1.807, 2.05) is 13.8 Å². The number of carbonyl (C=O) groups is 1. The van der Waals surface area contributed by atoms with Gasteiger partial charge in [0.15, 0.2) is 0 Å². The van der Waals surface area contributed by atoms with E-state index in [1.54, 1.807) is 0 Å². The SMILES string of the molecule is C=CC(F)(F)[C@H](NN1C(=O)OC[C@@H]1C(C)C)c1ccc(F)cc1. The van der Waals surface area contributed by atoms with Crippen LogP contribution < -0.4 is 5.43 Å². The highest BCUT2D eigenvalue weighted by molar-refractivity contribution is 5.69. The van der Waals surface area contributed by atoms with Crippen molar-refractivity contribution in [1.82, 2.24) is 10.4 Å². The predicted octanol–water partition coefficient (Wildman–Crippen LogP) is 3.67. The maximum absolute atomic E-state index is 14.3. The van der Waals surface area contributed by atoms with Gasteiger partial charge in [-0.1, -0.05) is 32.6 Å². The first-order valence-electron chi connectivity index (χ1n) is 7.25. The monoisotopic (exact) mass is 328 g/mol. The van der Waals surface area contributed by atoms with Crippen LogP contribution in [0.15, 0.2) is 36.9 Å². The van der Waals surface area contributed by atoms with Gasteiger partial charge in [-0.2, -0.15) is 8.78 Å². The minimum absolute atomic E-state index is 0.0140. The lowest BCUT2D eigenvalue weighted by atomic mass is 10.0. The molecule has 0 aromatic heterocycles. The van der Waals surface area contributed by atoms with Gasteiger partial charge in [0.1, 0.15) is 18.5 Å². The van der Waals surface area contributed by atoms with Crippen molar-refractivity contribution in [3.8, 4) is 0 Å². The van der Waals surface area contributed by atoms with Crippen LogP contribution in [0.3, 0.4) is 0 Å². The molecule has 0 radical (unpaired) electrons. The Bertz CT molecular complexity index is 575. The summed E-state index contributed by atoms with van der Waals surface area (Å²) in [4.78, 5) is 11.8. The van der Waals surface area contributed by atoms with Crippen molar-refractivity contribution in [3.63, 3.8) is 0 Å². The van der Waals surface area contributed by atoms with E-state index in [0.29, 0.717) is 6.08 Å². The van der Waals surface area contributed by atoms with E-state index in [1.165, 1.54) is 12.1 Å². The Hall–Kier alpha value is -2.02. The quantitative estimate of drug-likeness (QED) is 0.810. The van der Waals surface area contributed by atoms with Crippen LogP contribution in [0, 0.1) is 11.7 Å². The van der Waals surface area contributed by atoms with Gasteiger partial charge < -0.3 is 4.74 Å². The van der Waals surface area contributed by atoms with E-state index in [0.717, 1.165) is 17.1 Å². The Morgan fingerprint density at radius 2 is 2.00 bits per heavy atom. The van der Waals surface area contributed by atoms with Crippen LogP contribution in [0.4, 0.5) is 18.0 Å². The molecule has 0 aliphatic carbocycles. The molecule has 1 fully saturated rings. The number of hydrogen-bond acceptors (Lipinski definition) is 3. The molecule has 0 unspecified atom stereocenters. The molecule has 1 amide bonds. The third kappa shape index (κ3) is 3.67. The van der Waals surface area contributed by atoms with Gasteiger partial charge in [-0.05, 0) is 29.7 Å². The first-order chi connectivity index (χ1) is 10.8. The lowest BCUT2D eigenvalue weighted by Crippen LogP contribution is -2.52. The molecule has 4 nitrogen and oxygen atoms in total. The van der Waals surface area contributed by atoms with Crippen molar-refractivity contribution in [2.45, 2.75) is 31.9 Å². The summed E-state index contributed by atoms with van der Waals surface area (Å²) in [5.41, 5.74) is 2.68. The second kappa shape index (κ2) is 6.62. The maximum Gasteiger partial charge on any atom is 0.424 e. The second-order valence-electron chi connectivity index (χ2n) is 5.75. The molecule has 0 spiro atoms. The minimum atomic E-state index is -3.35. The number of nitrogens with one attached hydrogen (secondary N) is 1. The van der Waals surface area contributed by atoms with Gasteiger partial charge in [0.05, 0.1) is 6.04 Å². The van der Waals surface area contributed by atoms with Gasteiger partial charge in [0.25, 0.3) is 5.92 Å². The Kier molecular flexibility index (Phi) is 4.99. The number of cyclic esters (lactones) is 1. The van der Waals surface area contributed by atoms with Gasteiger partial charge >= 0.3 is 6.09 Å². The van der Waals surface area contributed by atoms with Gasteiger partial charge in [0.2, 0.25) is 0 Å². The molecule has 1 aliphatic rings. The average molecular weight is 328 g/mol.